The molecular weight excluding hydrogens is 391 g/mol. The smallest absolute Gasteiger partial charge is 0.255 e. The number of hydrogen-bond acceptors (Lipinski definition) is 4. The van der Waals surface area contributed by atoms with Gasteiger partial charge in [0.2, 0.25) is 0 Å². The molecule has 2 saturated heterocycles. The van der Waals surface area contributed by atoms with Crippen LogP contribution in [0.1, 0.15) is 33.6 Å². The molecular formula is C22H23FN2O3S. The van der Waals surface area contributed by atoms with Crippen LogP contribution in [0, 0.1) is 5.82 Å². The number of nitrogens with zero attached hydrogens (tertiary/aromatic N) is 2. The maximum absolute atomic E-state index is 13.6. The second kappa shape index (κ2) is 8.06. The summed E-state index contributed by atoms with van der Waals surface area (Å²) in [5.74, 6) is 0.940. The van der Waals surface area contributed by atoms with Crippen molar-refractivity contribution in [3.8, 4) is 5.75 Å². The lowest BCUT2D eigenvalue weighted by Gasteiger charge is -2.44. The first-order chi connectivity index (χ1) is 14.0. The van der Waals surface area contributed by atoms with Crippen molar-refractivity contribution in [2.24, 2.45) is 0 Å². The lowest BCUT2D eigenvalue weighted by Crippen LogP contribution is -2.53. The van der Waals surface area contributed by atoms with Crippen molar-refractivity contribution in [3.63, 3.8) is 0 Å². The Morgan fingerprint density at radius 1 is 1.00 bits per heavy atom. The van der Waals surface area contributed by atoms with E-state index in [4.69, 9.17) is 4.74 Å². The summed E-state index contributed by atoms with van der Waals surface area (Å²) < 4.78 is 18.8. The maximum atomic E-state index is 13.6. The van der Waals surface area contributed by atoms with E-state index in [9.17, 15) is 14.0 Å². The van der Waals surface area contributed by atoms with E-state index in [2.05, 4.69) is 0 Å². The number of likely N-dealkylation sites (tertiary alicyclic amines) is 1. The Morgan fingerprint density at radius 2 is 1.69 bits per heavy atom. The predicted molar refractivity (Wildman–Crippen MR) is 111 cm³/mol. The van der Waals surface area contributed by atoms with Crippen molar-refractivity contribution in [3.05, 3.63) is 65.5 Å². The van der Waals surface area contributed by atoms with Crippen LogP contribution in [-0.4, -0.2) is 59.0 Å². The number of halogens is 1. The Balaban J connectivity index is 1.47. The number of methoxy groups -OCH3 is 1. The van der Waals surface area contributed by atoms with Gasteiger partial charge in [-0.1, -0.05) is 12.1 Å². The van der Waals surface area contributed by atoms with Gasteiger partial charge < -0.3 is 14.5 Å². The number of benzene rings is 2. The highest BCUT2D eigenvalue weighted by atomic mass is 32.2. The molecule has 0 N–H and O–H groups in total. The first-order valence-corrected chi connectivity index (χ1v) is 10.7. The Bertz CT molecular complexity index is 928. The molecule has 0 aliphatic carbocycles. The first kappa shape index (κ1) is 19.8. The fraction of sp³-hybridized carbons (Fsp3) is 0.364. The van der Waals surface area contributed by atoms with Crippen LogP contribution < -0.4 is 4.74 Å². The Labute approximate surface area is 173 Å². The molecule has 0 unspecified atom stereocenters. The van der Waals surface area contributed by atoms with Gasteiger partial charge in [-0.25, -0.2) is 4.39 Å². The SMILES string of the molecule is COc1cccc(C(=O)N2CCC3(CC2)SCCN3C(=O)c2cccc(F)c2)c1. The second-order valence-corrected chi connectivity index (χ2v) is 8.74. The van der Waals surface area contributed by atoms with E-state index in [1.807, 2.05) is 21.9 Å². The molecule has 2 fully saturated rings. The minimum Gasteiger partial charge on any atom is -0.497 e. The number of hydrogen-bond donors (Lipinski definition) is 0. The van der Waals surface area contributed by atoms with Crippen molar-refractivity contribution < 1.29 is 18.7 Å². The third-order valence-corrected chi connectivity index (χ3v) is 7.20. The van der Waals surface area contributed by atoms with E-state index in [-0.39, 0.29) is 16.7 Å². The Hall–Kier alpha value is -2.54. The van der Waals surface area contributed by atoms with Gasteiger partial charge in [0.05, 0.1) is 12.0 Å². The van der Waals surface area contributed by atoms with Crippen molar-refractivity contribution in [2.75, 3.05) is 32.5 Å². The number of rotatable bonds is 3. The molecule has 0 bridgehead atoms. The highest BCUT2D eigenvalue weighted by molar-refractivity contribution is 8.00. The predicted octanol–water partition coefficient (Wildman–Crippen LogP) is 3.66. The Kier molecular flexibility index (Phi) is 5.50. The van der Waals surface area contributed by atoms with Gasteiger partial charge in [0, 0.05) is 36.5 Å². The number of ether oxygens (including phenoxy) is 1. The van der Waals surface area contributed by atoms with Crippen LogP contribution in [0.2, 0.25) is 0 Å². The van der Waals surface area contributed by atoms with Gasteiger partial charge in [-0.2, -0.15) is 0 Å². The van der Waals surface area contributed by atoms with Gasteiger partial charge in [-0.3, -0.25) is 9.59 Å². The van der Waals surface area contributed by atoms with E-state index in [1.54, 1.807) is 43.1 Å². The molecule has 2 heterocycles. The van der Waals surface area contributed by atoms with Gasteiger partial charge in [0.15, 0.2) is 0 Å². The lowest BCUT2D eigenvalue weighted by atomic mass is 10.00. The second-order valence-electron chi connectivity index (χ2n) is 7.29. The van der Waals surface area contributed by atoms with Gasteiger partial charge in [0.25, 0.3) is 11.8 Å². The summed E-state index contributed by atoms with van der Waals surface area (Å²) >= 11 is 1.77. The zero-order valence-electron chi connectivity index (χ0n) is 16.3. The van der Waals surface area contributed by atoms with Crippen LogP contribution in [0.3, 0.4) is 0 Å². The number of amides is 2. The van der Waals surface area contributed by atoms with Crippen molar-refractivity contribution in [1.29, 1.82) is 0 Å². The molecule has 0 radical (unpaired) electrons. The molecule has 2 aromatic carbocycles. The van der Waals surface area contributed by atoms with Crippen molar-refractivity contribution in [1.82, 2.24) is 9.80 Å². The quantitative estimate of drug-likeness (QED) is 0.769. The van der Waals surface area contributed by atoms with Gasteiger partial charge in [-0.15, -0.1) is 11.8 Å². The number of carbonyl (C=O) groups is 2. The summed E-state index contributed by atoms with van der Waals surface area (Å²) in [5, 5.41) is 0. The molecule has 2 aromatic rings. The van der Waals surface area contributed by atoms with E-state index in [0.717, 1.165) is 5.75 Å². The van der Waals surface area contributed by atoms with E-state index < -0.39 is 5.82 Å². The molecule has 1 spiro atoms. The zero-order valence-corrected chi connectivity index (χ0v) is 17.1. The summed E-state index contributed by atoms with van der Waals surface area (Å²) in [5.41, 5.74) is 0.980. The third kappa shape index (κ3) is 3.83. The summed E-state index contributed by atoms with van der Waals surface area (Å²) in [6.45, 7) is 1.80. The molecule has 29 heavy (non-hydrogen) atoms. The number of carbonyl (C=O) groups excluding carboxylic acids is 2. The molecule has 7 heteroatoms. The van der Waals surface area contributed by atoms with Crippen LogP contribution in [-0.2, 0) is 0 Å². The largest absolute Gasteiger partial charge is 0.497 e. The molecule has 4 rings (SSSR count). The monoisotopic (exact) mass is 414 g/mol. The lowest BCUT2D eigenvalue weighted by molar-refractivity contribution is 0.0497. The molecule has 0 saturated carbocycles. The maximum Gasteiger partial charge on any atom is 0.255 e. The highest BCUT2D eigenvalue weighted by Gasteiger charge is 2.47. The van der Waals surface area contributed by atoms with Crippen molar-refractivity contribution >= 4 is 23.6 Å². The Morgan fingerprint density at radius 3 is 2.38 bits per heavy atom. The fourth-order valence-electron chi connectivity index (χ4n) is 4.08. The van der Waals surface area contributed by atoms with E-state index in [1.165, 1.54) is 12.1 Å². The number of thioether (sulfide) groups is 1. The summed E-state index contributed by atoms with van der Waals surface area (Å²) in [4.78, 5) is 29.3. The highest BCUT2D eigenvalue weighted by Crippen LogP contribution is 2.44. The molecule has 2 aliphatic heterocycles. The van der Waals surface area contributed by atoms with E-state index in [0.29, 0.717) is 49.4 Å². The average molecular weight is 415 g/mol. The molecule has 5 nitrogen and oxygen atoms in total. The summed E-state index contributed by atoms with van der Waals surface area (Å²) in [7, 11) is 1.58. The van der Waals surface area contributed by atoms with Crippen LogP contribution in [0.4, 0.5) is 4.39 Å². The van der Waals surface area contributed by atoms with Crippen molar-refractivity contribution in [2.45, 2.75) is 17.7 Å². The third-order valence-electron chi connectivity index (χ3n) is 5.64. The summed E-state index contributed by atoms with van der Waals surface area (Å²) in [6, 6.07) is 13.0. The van der Waals surface area contributed by atoms with Crippen LogP contribution in [0.25, 0.3) is 0 Å². The zero-order chi connectivity index (χ0) is 20.4. The normalized spacial score (nSPS) is 18.1. The summed E-state index contributed by atoms with van der Waals surface area (Å²) in [6.07, 6.45) is 1.41. The molecule has 2 aliphatic rings. The van der Waals surface area contributed by atoms with Crippen LogP contribution in [0.15, 0.2) is 48.5 Å². The number of piperidine rings is 1. The molecule has 0 atom stereocenters. The van der Waals surface area contributed by atoms with Gasteiger partial charge in [0.1, 0.15) is 11.6 Å². The van der Waals surface area contributed by atoms with Crippen LogP contribution in [0.5, 0.6) is 5.75 Å². The minimum absolute atomic E-state index is 0.0234. The topological polar surface area (TPSA) is 49.9 Å². The van der Waals surface area contributed by atoms with Gasteiger partial charge >= 0.3 is 0 Å². The molecule has 152 valence electrons. The van der Waals surface area contributed by atoms with Gasteiger partial charge in [-0.05, 0) is 49.2 Å². The molecule has 2 amide bonds. The van der Waals surface area contributed by atoms with E-state index >= 15 is 0 Å². The average Bonchev–Trinajstić information content (AvgIpc) is 3.16. The standard InChI is InChI=1S/C22H23FN2O3S/c1-28-19-7-3-5-17(15-19)20(26)24-10-8-22(9-11-24)25(12-13-29-22)21(27)16-4-2-6-18(23)14-16/h2-7,14-15H,8-13H2,1H3. The molecule has 0 aromatic heterocycles. The minimum atomic E-state index is -0.407. The first-order valence-electron chi connectivity index (χ1n) is 9.67. The van der Waals surface area contributed by atoms with Crippen LogP contribution >= 0.6 is 11.8 Å². The fourth-order valence-corrected chi connectivity index (χ4v) is 5.54.